The summed E-state index contributed by atoms with van der Waals surface area (Å²) in [7, 11) is 0. The third-order valence-electron chi connectivity index (χ3n) is 4.11. The number of rotatable bonds is 4. The van der Waals surface area contributed by atoms with Gasteiger partial charge in [0, 0.05) is 10.8 Å². The minimum atomic E-state index is -1.05. The van der Waals surface area contributed by atoms with Crippen molar-refractivity contribution in [1.82, 2.24) is 9.97 Å². The molecule has 0 fully saturated rings. The molecule has 6 heteroatoms. The number of hydrogen-bond donors (Lipinski definition) is 1. The molecule has 0 atom stereocenters. The first-order chi connectivity index (χ1) is 12.5. The lowest BCUT2D eigenvalue weighted by Crippen LogP contribution is -2.06. The number of carboxylic acids is 1. The molecule has 0 radical (unpaired) electrons. The van der Waals surface area contributed by atoms with Crippen LogP contribution in [0.1, 0.15) is 17.3 Å². The molecule has 0 unspecified atom stereocenters. The Kier molecular flexibility index (Phi) is 3.73. The summed E-state index contributed by atoms with van der Waals surface area (Å²) >= 11 is 0. The normalized spacial score (nSPS) is 11.1. The van der Waals surface area contributed by atoms with E-state index < -0.39 is 5.97 Å². The highest BCUT2D eigenvalue weighted by molar-refractivity contribution is 6.10. The largest absolute Gasteiger partial charge is 0.485 e. The van der Waals surface area contributed by atoms with Crippen LogP contribution in [0.3, 0.4) is 0 Å². The van der Waals surface area contributed by atoms with Gasteiger partial charge in [0.1, 0.15) is 17.9 Å². The molecule has 3 aromatic carbocycles. The molecule has 0 saturated heterocycles. The fourth-order valence-electron chi connectivity index (χ4n) is 2.97. The molecular formula is C20H14N2O4. The molecule has 4 rings (SSSR count). The summed E-state index contributed by atoms with van der Waals surface area (Å²) in [5.74, 6) is -0.539. The number of hydrogen-bond acceptors (Lipinski definition) is 5. The predicted octanol–water partition coefficient (Wildman–Crippen LogP) is 3.60. The highest BCUT2D eigenvalue weighted by Crippen LogP contribution is 2.31. The lowest BCUT2D eigenvalue weighted by Gasteiger charge is -2.10. The van der Waals surface area contributed by atoms with E-state index in [1.165, 1.54) is 13.0 Å². The summed E-state index contributed by atoms with van der Waals surface area (Å²) in [6.07, 6.45) is 0. The molecule has 1 aromatic heterocycles. The van der Waals surface area contributed by atoms with Gasteiger partial charge >= 0.3 is 5.97 Å². The van der Waals surface area contributed by atoms with Gasteiger partial charge in [-0.1, -0.05) is 18.2 Å². The van der Waals surface area contributed by atoms with Gasteiger partial charge < -0.3 is 9.84 Å². The smallest absolute Gasteiger partial charge is 0.337 e. The van der Waals surface area contributed by atoms with Gasteiger partial charge in [-0.2, -0.15) is 0 Å². The predicted molar refractivity (Wildman–Crippen MR) is 97.7 cm³/mol. The van der Waals surface area contributed by atoms with E-state index in [0.717, 1.165) is 10.8 Å². The molecule has 0 saturated carbocycles. The van der Waals surface area contributed by atoms with E-state index in [9.17, 15) is 14.7 Å². The lowest BCUT2D eigenvalue weighted by molar-refractivity contribution is -0.118. The molecule has 0 bridgehead atoms. The van der Waals surface area contributed by atoms with E-state index in [1.807, 2.05) is 24.3 Å². The average molecular weight is 346 g/mol. The number of aromatic nitrogens is 2. The third kappa shape index (κ3) is 2.61. The Morgan fingerprint density at radius 1 is 0.923 bits per heavy atom. The minimum absolute atomic E-state index is 0.0102. The topological polar surface area (TPSA) is 89.4 Å². The van der Waals surface area contributed by atoms with Gasteiger partial charge in [-0.15, -0.1) is 0 Å². The van der Waals surface area contributed by atoms with Crippen LogP contribution in [0.2, 0.25) is 0 Å². The zero-order valence-electron chi connectivity index (χ0n) is 13.9. The number of carbonyl (C=O) groups excluding carboxylic acids is 1. The monoisotopic (exact) mass is 346 g/mol. The average Bonchev–Trinajstić information content (AvgIpc) is 2.63. The zero-order valence-corrected chi connectivity index (χ0v) is 13.9. The van der Waals surface area contributed by atoms with Crippen molar-refractivity contribution in [3.05, 3.63) is 54.1 Å². The summed E-state index contributed by atoms with van der Waals surface area (Å²) < 4.78 is 5.59. The SMILES string of the molecule is CC(=O)COc1cccc2c1ccc1nc3cccc(C(=O)O)c3nc12. The molecule has 4 aromatic rings. The first-order valence-electron chi connectivity index (χ1n) is 8.02. The van der Waals surface area contributed by atoms with Gasteiger partial charge in [0.15, 0.2) is 5.78 Å². The van der Waals surface area contributed by atoms with Crippen molar-refractivity contribution in [1.29, 1.82) is 0 Å². The number of Topliss-reactive ketones (excluding diaryl/α,β-unsaturated/α-hetero) is 1. The van der Waals surface area contributed by atoms with E-state index in [-0.39, 0.29) is 18.0 Å². The molecular weight excluding hydrogens is 332 g/mol. The number of carbonyl (C=O) groups is 2. The van der Waals surface area contributed by atoms with Crippen molar-refractivity contribution < 1.29 is 19.4 Å². The van der Waals surface area contributed by atoms with E-state index in [0.29, 0.717) is 27.8 Å². The van der Waals surface area contributed by atoms with Crippen LogP contribution in [0.15, 0.2) is 48.5 Å². The van der Waals surface area contributed by atoms with Crippen LogP contribution in [0.5, 0.6) is 5.75 Å². The number of ether oxygens (including phenoxy) is 1. The Morgan fingerprint density at radius 3 is 2.46 bits per heavy atom. The second-order valence-corrected chi connectivity index (χ2v) is 5.98. The third-order valence-corrected chi connectivity index (χ3v) is 4.11. The van der Waals surface area contributed by atoms with E-state index >= 15 is 0 Å². The molecule has 0 spiro atoms. The zero-order chi connectivity index (χ0) is 18.3. The van der Waals surface area contributed by atoms with Crippen LogP contribution >= 0.6 is 0 Å². The van der Waals surface area contributed by atoms with Crippen molar-refractivity contribution in [2.75, 3.05) is 6.61 Å². The molecule has 0 amide bonds. The summed E-state index contributed by atoms with van der Waals surface area (Å²) in [4.78, 5) is 31.9. The molecule has 0 aliphatic rings. The maximum Gasteiger partial charge on any atom is 0.337 e. The number of benzene rings is 3. The van der Waals surface area contributed by atoms with Crippen LogP contribution in [0.25, 0.3) is 32.8 Å². The van der Waals surface area contributed by atoms with Crippen molar-refractivity contribution in [2.45, 2.75) is 6.92 Å². The van der Waals surface area contributed by atoms with E-state index in [2.05, 4.69) is 9.97 Å². The molecule has 6 nitrogen and oxygen atoms in total. The second-order valence-electron chi connectivity index (χ2n) is 5.98. The molecule has 0 aliphatic heterocycles. The summed E-state index contributed by atoms with van der Waals surface area (Å²) in [6, 6.07) is 14.1. The Balaban J connectivity index is 2.02. The Morgan fingerprint density at radius 2 is 1.69 bits per heavy atom. The van der Waals surface area contributed by atoms with Crippen LogP contribution in [-0.2, 0) is 4.79 Å². The second kappa shape index (κ2) is 6.07. The molecule has 128 valence electrons. The lowest BCUT2D eigenvalue weighted by atomic mass is 10.1. The van der Waals surface area contributed by atoms with E-state index in [1.54, 1.807) is 18.2 Å². The van der Waals surface area contributed by atoms with Crippen LogP contribution < -0.4 is 4.74 Å². The minimum Gasteiger partial charge on any atom is -0.485 e. The maximum atomic E-state index is 11.5. The van der Waals surface area contributed by atoms with Crippen LogP contribution in [-0.4, -0.2) is 33.4 Å². The molecule has 1 N–H and O–H groups in total. The highest BCUT2D eigenvalue weighted by Gasteiger charge is 2.14. The Labute approximate surface area is 148 Å². The molecule has 1 heterocycles. The summed E-state index contributed by atoms with van der Waals surface area (Å²) in [5, 5.41) is 11.0. The van der Waals surface area contributed by atoms with Gasteiger partial charge in [0.25, 0.3) is 0 Å². The summed E-state index contributed by atoms with van der Waals surface area (Å²) in [5.41, 5.74) is 2.24. The summed E-state index contributed by atoms with van der Waals surface area (Å²) in [6.45, 7) is 1.45. The van der Waals surface area contributed by atoms with Gasteiger partial charge in [0.05, 0.1) is 22.1 Å². The van der Waals surface area contributed by atoms with Crippen LogP contribution in [0.4, 0.5) is 0 Å². The number of nitrogens with zero attached hydrogens (tertiary/aromatic N) is 2. The fraction of sp³-hybridized carbons (Fsp3) is 0.100. The number of carboxylic acid groups (broad SMARTS) is 1. The maximum absolute atomic E-state index is 11.5. The first-order valence-corrected chi connectivity index (χ1v) is 8.02. The standard InChI is InChI=1S/C20H14N2O4/c1-11(23)10-26-17-7-3-4-13-12(17)8-9-16-18(13)22-19-14(20(24)25)5-2-6-15(19)21-16/h2-9H,10H2,1H3,(H,24,25). The Bertz CT molecular complexity index is 1200. The van der Waals surface area contributed by atoms with Crippen molar-refractivity contribution in [3.8, 4) is 5.75 Å². The first kappa shape index (κ1) is 16.0. The van der Waals surface area contributed by atoms with Gasteiger partial charge in [-0.05, 0) is 37.3 Å². The van der Waals surface area contributed by atoms with Gasteiger partial charge in [-0.3, -0.25) is 4.79 Å². The van der Waals surface area contributed by atoms with Crippen molar-refractivity contribution in [2.24, 2.45) is 0 Å². The molecule has 26 heavy (non-hydrogen) atoms. The number of aromatic carboxylic acids is 1. The van der Waals surface area contributed by atoms with Crippen LogP contribution in [0, 0.1) is 0 Å². The number of fused-ring (bicyclic) bond motifs is 4. The highest BCUT2D eigenvalue weighted by atomic mass is 16.5. The van der Waals surface area contributed by atoms with Gasteiger partial charge in [0.2, 0.25) is 0 Å². The Hall–Kier alpha value is -3.54. The molecule has 0 aliphatic carbocycles. The fourth-order valence-corrected chi connectivity index (χ4v) is 2.97. The quantitative estimate of drug-likeness (QED) is 0.448. The van der Waals surface area contributed by atoms with Crippen molar-refractivity contribution >= 4 is 44.6 Å². The van der Waals surface area contributed by atoms with Crippen molar-refractivity contribution in [3.63, 3.8) is 0 Å². The number of ketones is 1. The van der Waals surface area contributed by atoms with Gasteiger partial charge in [-0.25, -0.2) is 14.8 Å². The van der Waals surface area contributed by atoms with E-state index in [4.69, 9.17) is 4.74 Å². The number of para-hydroxylation sites is 1.